The van der Waals surface area contributed by atoms with Crippen LogP contribution in [0.1, 0.15) is 24.9 Å². The normalized spacial score (nSPS) is 23.9. The van der Waals surface area contributed by atoms with Gasteiger partial charge in [0, 0.05) is 16.2 Å². The fourth-order valence-corrected chi connectivity index (χ4v) is 2.36. The Kier molecular flexibility index (Phi) is 2.95. The number of carbonyl (C=O) groups is 1. The largest absolute Gasteiger partial charge is 0.382 e. The van der Waals surface area contributed by atoms with Crippen molar-refractivity contribution in [3.63, 3.8) is 0 Å². The van der Waals surface area contributed by atoms with Crippen molar-refractivity contribution in [2.45, 2.75) is 25.4 Å². The van der Waals surface area contributed by atoms with Crippen LogP contribution in [-0.2, 0) is 4.79 Å². The van der Waals surface area contributed by atoms with E-state index in [1.54, 1.807) is 0 Å². The molecule has 0 spiro atoms. The van der Waals surface area contributed by atoms with Crippen molar-refractivity contribution in [1.29, 1.82) is 0 Å². The lowest BCUT2D eigenvalue weighted by atomic mass is 9.94. The van der Waals surface area contributed by atoms with Gasteiger partial charge in [0.2, 0.25) is 6.41 Å². The summed E-state index contributed by atoms with van der Waals surface area (Å²) in [7, 11) is 0. The first-order chi connectivity index (χ1) is 7.20. The van der Waals surface area contributed by atoms with Crippen molar-refractivity contribution in [2.24, 2.45) is 0 Å². The highest BCUT2D eigenvalue weighted by Gasteiger charge is 2.23. The number of rotatable bonds is 2. The van der Waals surface area contributed by atoms with Crippen LogP contribution in [0.3, 0.4) is 0 Å². The van der Waals surface area contributed by atoms with Crippen LogP contribution in [0.5, 0.6) is 0 Å². The van der Waals surface area contributed by atoms with Gasteiger partial charge in [-0.05, 0) is 31.0 Å². The summed E-state index contributed by atoms with van der Waals surface area (Å²) in [4.78, 5) is 10.5. The summed E-state index contributed by atoms with van der Waals surface area (Å²) in [6.07, 6.45) is 1.70. The molecule has 1 aliphatic rings. The molecule has 0 unspecified atom stereocenters. The molecule has 0 aromatic heterocycles. The van der Waals surface area contributed by atoms with E-state index in [0.29, 0.717) is 6.04 Å². The lowest BCUT2D eigenvalue weighted by Crippen LogP contribution is -2.32. The van der Waals surface area contributed by atoms with Gasteiger partial charge >= 0.3 is 0 Å². The predicted molar refractivity (Wildman–Crippen MR) is 63.8 cm³/mol. The van der Waals surface area contributed by atoms with Gasteiger partial charge in [-0.3, -0.25) is 4.79 Å². The minimum Gasteiger partial charge on any atom is -0.382 e. The molecule has 1 aromatic carbocycles. The zero-order valence-electron chi connectivity index (χ0n) is 8.46. The van der Waals surface area contributed by atoms with Gasteiger partial charge in [0.15, 0.2) is 0 Å². The molecule has 1 amide bonds. The molecule has 4 heteroatoms. The van der Waals surface area contributed by atoms with E-state index in [1.807, 2.05) is 18.2 Å². The molecule has 1 aliphatic heterocycles. The Bertz CT molecular complexity index is 381. The summed E-state index contributed by atoms with van der Waals surface area (Å²) in [5, 5.41) is 6.26. The summed E-state index contributed by atoms with van der Waals surface area (Å²) in [6.45, 7) is 2.11. The number of benzene rings is 1. The lowest BCUT2D eigenvalue weighted by Gasteiger charge is -2.31. The first kappa shape index (κ1) is 10.5. The van der Waals surface area contributed by atoms with E-state index in [1.165, 1.54) is 0 Å². The molecule has 0 aliphatic carbocycles. The minimum atomic E-state index is 0.127. The van der Waals surface area contributed by atoms with Crippen molar-refractivity contribution in [3.05, 3.63) is 28.2 Å². The maximum absolute atomic E-state index is 10.5. The fraction of sp³-hybridized carbons (Fsp3) is 0.364. The van der Waals surface area contributed by atoms with Crippen LogP contribution in [0.4, 0.5) is 5.69 Å². The van der Waals surface area contributed by atoms with E-state index < -0.39 is 0 Å². The Morgan fingerprint density at radius 1 is 1.60 bits per heavy atom. The topological polar surface area (TPSA) is 41.1 Å². The number of hydrogen-bond donors (Lipinski definition) is 2. The maximum Gasteiger partial charge on any atom is 0.207 e. The summed E-state index contributed by atoms with van der Waals surface area (Å²) in [6, 6.07) is 6.59. The Morgan fingerprint density at radius 2 is 2.40 bits per heavy atom. The highest BCUT2D eigenvalue weighted by Crippen LogP contribution is 2.33. The van der Waals surface area contributed by atoms with Gasteiger partial charge in [-0.2, -0.15) is 0 Å². The lowest BCUT2D eigenvalue weighted by molar-refractivity contribution is -0.110. The molecule has 0 bridgehead atoms. The zero-order valence-corrected chi connectivity index (χ0v) is 10.0. The van der Waals surface area contributed by atoms with E-state index in [-0.39, 0.29) is 6.04 Å². The summed E-state index contributed by atoms with van der Waals surface area (Å²) < 4.78 is 1.05. The molecular formula is C11H13BrN2O. The van der Waals surface area contributed by atoms with Crippen molar-refractivity contribution in [1.82, 2.24) is 5.32 Å². The van der Waals surface area contributed by atoms with Gasteiger partial charge in [0.1, 0.15) is 0 Å². The van der Waals surface area contributed by atoms with Crippen LogP contribution in [-0.4, -0.2) is 12.5 Å². The molecule has 2 N–H and O–H groups in total. The van der Waals surface area contributed by atoms with Crippen molar-refractivity contribution >= 4 is 28.0 Å². The molecule has 2 atom stereocenters. The van der Waals surface area contributed by atoms with Crippen LogP contribution in [0.25, 0.3) is 0 Å². The second-order valence-electron chi connectivity index (χ2n) is 3.85. The summed E-state index contributed by atoms with van der Waals surface area (Å²) >= 11 is 3.44. The van der Waals surface area contributed by atoms with Crippen molar-refractivity contribution in [3.8, 4) is 0 Å². The second-order valence-corrected chi connectivity index (χ2v) is 4.77. The van der Waals surface area contributed by atoms with Crippen LogP contribution >= 0.6 is 15.9 Å². The Hall–Kier alpha value is -1.03. The SMILES string of the molecule is C[C@H]1C[C@@H](NC=O)c2ccc(Br)cc2N1. The standard InChI is InChI=1S/C11H13BrN2O/c1-7-4-10(13-6-15)9-3-2-8(12)5-11(9)14-7/h2-3,5-7,10,14H,4H2,1H3,(H,13,15)/t7-,10+/m0/s1. The average Bonchev–Trinajstić information content (AvgIpc) is 2.17. The quantitative estimate of drug-likeness (QED) is 0.810. The van der Waals surface area contributed by atoms with Gasteiger partial charge in [-0.1, -0.05) is 22.0 Å². The molecule has 1 aromatic rings. The Morgan fingerprint density at radius 3 is 3.13 bits per heavy atom. The van der Waals surface area contributed by atoms with Gasteiger partial charge in [0.25, 0.3) is 0 Å². The summed E-state index contributed by atoms with van der Waals surface area (Å²) in [5.74, 6) is 0. The van der Waals surface area contributed by atoms with E-state index in [2.05, 4.69) is 33.5 Å². The van der Waals surface area contributed by atoms with Gasteiger partial charge in [-0.15, -0.1) is 0 Å². The average molecular weight is 269 g/mol. The smallest absolute Gasteiger partial charge is 0.207 e. The van der Waals surface area contributed by atoms with Gasteiger partial charge in [0.05, 0.1) is 6.04 Å². The van der Waals surface area contributed by atoms with Crippen LogP contribution in [0, 0.1) is 0 Å². The molecule has 0 saturated heterocycles. The van der Waals surface area contributed by atoms with E-state index >= 15 is 0 Å². The molecule has 1 heterocycles. The number of halogens is 1. The van der Waals surface area contributed by atoms with Crippen molar-refractivity contribution < 1.29 is 4.79 Å². The number of anilines is 1. The number of fused-ring (bicyclic) bond motifs is 1. The third kappa shape index (κ3) is 2.15. The first-order valence-corrected chi connectivity index (χ1v) is 5.75. The molecule has 3 nitrogen and oxygen atoms in total. The molecule has 0 radical (unpaired) electrons. The Labute approximate surface area is 97.4 Å². The monoisotopic (exact) mass is 268 g/mol. The zero-order chi connectivity index (χ0) is 10.8. The number of nitrogens with one attached hydrogen (secondary N) is 2. The summed E-state index contributed by atoms with van der Waals surface area (Å²) in [5.41, 5.74) is 2.26. The van der Waals surface area contributed by atoms with Gasteiger partial charge in [-0.25, -0.2) is 0 Å². The molecule has 0 saturated carbocycles. The highest BCUT2D eigenvalue weighted by atomic mass is 79.9. The molecule has 80 valence electrons. The van der Waals surface area contributed by atoms with E-state index in [9.17, 15) is 4.79 Å². The first-order valence-electron chi connectivity index (χ1n) is 4.96. The van der Waals surface area contributed by atoms with E-state index in [0.717, 1.165) is 28.6 Å². The number of carbonyl (C=O) groups excluding carboxylic acids is 1. The molecular weight excluding hydrogens is 256 g/mol. The predicted octanol–water partition coefficient (Wildman–Crippen LogP) is 2.44. The fourth-order valence-electron chi connectivity index (χ4n) is 2.00. The highest BCUT2D eigenvalue weighted by molar-refractivity contribution is 9.10. The molecule has 0 fully saturated rings. The molecule has 2 rings (SSSR count). The maximum atomic E-state index is 10.5. The van der Waals surface area contributed by atoms with E-state index in [4.69, 9.17) is 0 Å². The van der Waals surface area contributed by atoms with Gasteiger partial charge < -0.3 is 10.6 Å². The third-order valence-corrected chi connectivity index (χ3v) is 3.14. The number of hydrogen-bond acceptors (Lipinski definition) is 2. The number of amides is 1. The van der Waals surface area contributed by atoms with Crippen molar-refractivity contribution in [2.75, 3.05) is 5.32 Å². The van der Waals surface area contributed by atoms with Crippen LogP contribution in [0.15, 0.2) is 22.7 Å². The second kappa shape index (κ2) is 4.23. The Balaban J connectivity index is 2.37. The molecule has 15 heavy (non-hydrogen) atoms. The third-order valence-electron chi connectivity index (χ3n) is 2.65. The minimum absolute atomic E-state index is 0.127. The van der Waals surface area contributed by atoms with Crippen LogP contribution < -0.4 is 10.6 Å². The van der Waals surface area contributed by atoms with Crippen LogP contribution in [0.2, 0.25) is 0 Å².